The Morgan fingerprint density at radius 3 is 2.33 bits per heavy atom. The normalized spacial score (nSPS) is 10.9. The van der Waals surface area contributed by atoms with Gasteiger partial charge in [-0.2, -0.15) is 0 Å². The van der Waals surface area contributed by atoms with E-state index in [0.717, 1.165) is 12.8 Å². The largest absolute Gasteiger partial charge is 0.463 e. The van der Waals surface area contributed by atoms with Crippen molar-refractivity contribution in [3.8, 4) is 0 Å². The molecule has 1 aromatic rings. The molecule has 0 aliphatic heterocycles. The lowest BCUT2D eigenvalue weighted by atomic mass is 10.1. The van der Waals surface area contributed by atoms with E-state index in [0.29, 0.717) is 6.42 Å². The predicted octanol–water partition coefficient (Wildman–Crippen LogP) is 3.74. The molecule has 0 spiro atoms. The van der Waals surface area contributed by atoms with Crippen LogP contribution in [0.4, 0.5) is 0 Å². The van der Waals surface area contributed by atoms with Crippen molar-refractivity contribution in [2.45, 2.75) is 77.9 Å². The first-order chi connectivity index (χ1) is 13.0. The Bertz CT molecular complexity index is 656. The van der Waals surface area contributed by atoms with Crippen LogP contribution in [0.3, 0.4) is 0 Å². The van der Waals surface area contributed by atoms with E-state index in [4.69, 9.17) is 9.47 Å². The summed E-state index contributed by atoms with van der Waals surface area (Å²) in [6.45, 7) is 2.53. The van der Waals surface area contributed by atoms with Crippen molar-refractivity contribution in [3.63, 3.8) is 0 Å². The van der Waals surface area contributed by atoms with Crippen LogP contribution in [0.5, 0.6) is 0 Å². The zero-order valence-corrected chi connectivity index (χ0v) is 17.7. The first kappa shape index (κ1) is 23.6. The summed E-state index contributed by atoms with van der Waals surface area (Å²) in [5, 5.41) is 0. The Balaban J connectivity index is 1.99. The zero-order valence-electron chi connectivity index (χ0n) is 16.1. The van der Waals surface area contributed by atoms with Gasteiger partial charge in [-0.25, -0.2) is 4.79 Å². The number of unbranched alkanes of at least 4 members (excludes halogenated alkanes) is 8. The Hall–Kier alpha value is -1.41. The van der Waals surface area contributed by atoms with Gasteiger partial charge in [0.05, 0.1) is 11.1 Å². The highest BCUT2D eigenvalue weighted by atomic mass is 79.9. The van der Waals surface area contributed by atoms with Crippen molar-refractivity contribution in [3.05, 3.63) is 31.5 Å². The van der Waals surface area contributed by atoms with Crippen molar-refractivity contribution >= 4 is 21.9 Å². The Morgan fingerprint density at radius 1 is 1.04 bits per heavy atom. The molecular weight excluding hydrogens is 416 g/mol. The maximum atomic E-state index is 11.6. The number of rotatable bonds is 15. The number of halogens is 1. The lowest BCUT2D eigenvalue weighted by Crippen LogP contribution is -2.30. The van der Waals surface area contributed by atoms with Gasteiger partial charge in [-0.3, -0.25) is 19.1 Å². The van der Waals surface area contributed by atoms with Gasteiger partial charge in [0, 0.05) is 12.6 Å². The minimum Gasteiger partial charge on any atom is -0.463 e. The number of carbonyl (C=O) groups is 1. The molecule has 0 aromatic carbocycles. The van der Waals surface area contributed by atoms with Gasteiger partial charge in [-0.05, 0) is 22.4 Å². The van der Waals surface area contributed by atoms with E-state index in [9.17, 15) is 14.4 Å². The summed E-state index contributed by atoms with van der Waals surface area (Å²) < 4.78 is 11.9. The monoisotopic (exact) mass is 446 g/mol. The standard InChI is InChI=1S/C19H31BrN2O5/c1-2-3-4-5-6-7-8-9-10-11-17(23)27-13-12-26-15-22-14-16(20)18(24)21-19(22)25/h14H,2-13,15H2,1H3,(H,21,24,25). The minimum atomic E-state index is -0.550. The fraction of sp³-hybridized carbons (Fsp3) is 0.737. The van der Waals surface area contributed by atoms with Crippen LogP contribution < -0.4 is 11.2 Å². The molecule has 7 nitrogen and oxygen atoms in total. The number of aromatic nitrogens is 2. The molecule has 1 N–H and O–H groups in total. The second kappa shape index (κ2) is 14.6. The summed E-state index contributed by atoms with van der Waals surface area (Å²) in [5.74, 6) is -0.217. The van der Waals surface area contributed by atoms with Crippen molar-refractivity contribution in [1.29, 1.82) is 0 Å². The lowest BCUT2D eigenvalue weighted by molar-refractivity contribution is -0.145. The summed E-state index contributed by atoms with van der Waals surface area (Å²) >= 11 is 3.05. The van der Waals surface area contributed by atoms with E-state index in [1.54, 1.807) is 0 Å². The predicted molar refractivity (Wildman–Crippen MR) is 108 cm³/mol. The van der Waals surface area contributed by atoms with Gasteiger partial charge in [0.2, 0.25) is 0 Å². The van der Waals surface area contributed by atoms with Crippen molar-refractivity contribution in [1.82, 2.24) is 9.55 Å². The number of aromatic amines is 1. The number of esters is 1. The van der Waals surface area contributed by atoms with E-state index in [2.05, 4.69) is 27.8 Å². The highest BCUT2D eigenvalue weighted by Gasteiger charge is 2.04. The lowest BCUT2D eigenvalue weighted by Gasteiger charge is -2.08. The number of carbonyl (C=O) groups excluding carboxylic acids is 1. The molecule has 0 radical (unpaired) electrons. The quantitative estimate of drug-likeness (QED) is 0.327. The van der Waals surface area contributed by atoms with Crippen LogP contribution in [0.2, 0.25) is 0 Å². The molecule has 0 fully saturated rings. The molecule has 0 unspecified atom stereocenters. The van der Waals surface area contributed by atoms with Gasteiger partial charge in [0.1, 0.15) is 13.3 Å². The molecule has 0 aliphatic carbocycles. The average molecular weight is 447 g/mol. The molecule has 27 heavy (non-hydrogen) atoms. The average Bonchev–Trinajstić information content (AvgIpc) is 2.64. The Kier molecular flexibility index (Phi) is 12.8. The van der Waals surface area contributed by atoms with Crippen LogP contribution in [-0.2, 0) is 21.0 Å². The van der Waals surface area contributed by atoms with E-state index >= 15 is 0 Å². The van der Waals surface area contributed by atoms with E-state index in [-0.39, 0.29) is 30.4 Å². The smallest absolute Gasteiger partial charge is 0.330 e. The third-order valence-electron chi connectivity index (χ3n) is 4.17. The SMILES string of the molecule is CCCCCCCCCCCC(=O)OCCOCn1cc(Br)c(=O)[nH]c1=O. The number of ether oxygens (including phenoxy) is 2. The van der Waals surface area contributed by atoms with Crippen molar-refractivity contribution in [2.75, 3.05) is 13.2 Å². The molecule has 0 atom stereocenters. The third-order valence-corrected chi connectivity index (χ3v) is 4.74. The van der Waals surface area contributed by atoms with Gasteiger partial charge >= 0.3 is 11.7 Å². The molecule has 1 rings (SSSR count). The van der Waals surface area contributed by atoms with Crippen LogP contribution in [0.1, 0.15) is 71.1 Å². The fourth-order valence-electron chi connectivity index (χ4n) is 2.61. The number of H-pyrrole nitrogens is 1. The van der Waals surface area contributed by atoms with Crippen molar-refractivity contribution < 1.29 is 14.3 Å². The highest BCUT2D eigenvalue weighted by molar-refractivity contribution is 9.10. The molecule has 0 bridgehead atoms. The van der Waals surface area contributed by atoms with Crippen LogP contribution in [0, 0.1) is 0 Å². The summed E-state index contributed by atoms with van der Waals surface area (Å²) in [6, 6.07) is 0. The molecule has 1 heterocycles. The van der Waals surface area contributed by atoms with Gasteiger partial charge in [-0.15, -0.1) is 0 Å². The second-order valence-corrected chi connectivity index (χ2v) is 7.40. The minimum absolute atomic E-state index is 0.0238. The number of hydrogen-bond donors (Lipinski definition) is 1. The third kappa shape index (κ3) is 11.1. The van der Waals surface area contributed by atoms with Crippen molar-refractivity contribution in [2.24, 2.45) is 0 Å². The molecular formula is C19H31BrN2O5. The first-order valence-electron chi connectivity index (χ1n) is 9.77. The highest BCUT2D eigenvalue weighted by Crippen LogP contribution is 2.10. The maximum absolute atomic E-state index is 11.6. The van der Waals surface area contributed by atoms with Crippen LogP contribution >= 0.6 is 15.9 Å². The Morgan fingerprint density at radius 2 is 1.67 bits per heavy atom. The van der Waals surface area contributed by atoms with Crippen LogP contribution in [-0.4, -0.2) is 28.7 Å². The Labute approximate surface area is 168 Å². The molecule has 0 amide bonds. The maximum Gasteiger partial charge on any atom is 0.330 e. The van der Waals surface area contributed by atoms with Crippen LogP contribution in [0.15, 0.2) is 20.3 Å². The van der Waals surface area contributed by atoms with Crippen LogP contribution in [0.25, 0.3) is 0 Å². The van der Waals surface area contributed by atoms with Gasteiger partial charge < -0.3 is 9.47 Å². The van der Waals surface area contributed by atoms with E-state index in [1.165, 1.54) is 55.7 Å². The summed E-state index contributed by atoms with van der Waals surface area (Å²) in [7, 11) is 0. The molecule has 0 aliphatic rings. The van der Waals surface area contributed by atoms with Gasteiger partial charge in [-0.1, -0.05) is 58.3 Å². The second-order valence-electron chi connectivity index (χ2n) is 6.54. The number of nitrogens with zero attached hydrogens (tertiary/aromatic N) is 1. The van der Waals surface area contributed by atoms with Gasteiger partial charge in [0.15, 0.2) is 0 Å². The van der Waals surface area contributed by atoms with E-state index in [1.807, 2.05) is 0 Å². The molecule has 8 heteroatoms. The van der Waals surface area contributed by atoms with Gasteiger partial charge in [0.25, 0.3) is 5.56 Å². The first-order valence-corrected chi connectivity index (χ1v) is 10.6. The fourth-order valence-corrected chi connectivity index (χ4v) is 2.95. The number of nitrogens with one attached hydrogen (secondary N) is 1. The summed E-state index contributed by atoms with van der Waals surface area (Å²) in [6.07, 6.45) is 12.7. The number of hydrogen-bond acceptors (Lipinski definition) is 5. The molecule has 0 saturated heterocycles. The topological polar surface area (TPSA) is 90.4 Å². The molecule has 154 valence electrons. The summed E-state index contributed by atoms with van der Waals surface area (Å²) in [4.78, 5) is 36.6. The molecule has 0 saturated carbocycles. The summed E-state index contributed by atoms with van der Waals surface area (Å²) in [5.41, 5.74) is -1.03. The zero-order chi connectivity index (χ0) is 19.9. The molecule has 1 aromatic heterocycles. The van der Waals surface area contributed by atoms with E-state index < -0.39 is 11.2 Å².